The maximum atomic E-state index is 12.0. The number of amides is 1. The van der Waals surface area contributed by atoms with Gasteiger partial charge in [-0.1, -0.05) is 11.6 Å². The summed E-state index contributed by atoms with van der Waals surface area (Å²) in [5.74, 6) is -1.74. The fraction of sp³-hybridized carbons (Fsp3) is 0.429. The molecular formula is C14H16ClNO6S. The molecule has 126 valence electrons. The zero-order valence-corrected chi connectivity index (χ0v) is 13.9. The molecule has 1 N–H and O–H groups in total. The van der Waals surface area contributed by atoms with Crippen molar-refractivity contribution in [1.29, 1.82) is 0 Å². The van der Waals surface area contributed by atoms with Gasteiger partial charge >= 0.3 is 5.97 Å². The monoisotopic (exact) mass is 361 g/mol. The molecule has 0 aromatic heterocycles. The van der Waals surface area contributed by atoms with Crippen LogP contribution < -0.4 is 0 Å². The number of carbonyl (C=O) groups excluding carboxylic acids is 2. The summed E-state index contributed by atoms with van der Waals surface area (Å²) in [7, 11) is -1.64. The summed E-state index contributed by atoms with van der Waals surface area (Å²) in [6, 6.07) is 3.48. The number of ether oxygens (including phenoxy) is 1. The quantitative estimate of drug-likeness (QED) is 0.798. The number of phenols is 1. The Kier molecular flexibility index (Phi) is 5.16. The molecule has 0 radical (unpaired) electrons. The van der Waals surface area contributed by atoms with Gasteiger partial charge in [0.2, 0.25) is 0 Å². The SMILES string of the molecule is CN(C(=O)COC(=O)c1cc(Cl)ccc1O)[C@@H]1CCS(=O)(=O)C1. The predicted octanol–water partition coefficient (Wildman–Crippen LogP) is 0.848. The van der Waals surface area contributed by atoms with Gasteiger partial charge in [0.05, 0.1) is 11.5 Å². The number of phenolic OH excluding ortho intramolecular Hbond substituents is 1. The van der Waals surface area contributed by atoms with Crippen LogP contribution in [-0.2, 0) is 19.4 Å². The van der Waals surface area contributed by atoms with Gasteiger partial charge in [0.25, 0.3) is 5.91 Å². The van der Waals surface area contributed by atoms with Gasteiger partial charge in [-0.25, -0.2) is 13.2 Å². The number of carbonyl (C=O) groups is 2. The van der Waals surface area contributed by atoms with Crippen molar-refractivity contribution in [2.75, 3.05) is 25.2 Å². The van der Waals surface area contributed by atoms with E-state index in [1.807, 2.05) is 0 Å². The van der Waals surface area contributed by atoms with E-state index >= 15 is 0 Å². The smallest absolute Gasteiger partial charge is 0.342 e. The topological polar surface area (TPSA) is 101 Å². The summed E-state index contributed by atoms with van der Waals surface area (Å²) >= 11 is 5.74. The van der Waals surface area contributed by atoms with Crippen LogP contribution in [0, 0.1) is 0 Å². The Morgan fingerprint density at radius 3 is 2.74 bits per heavy atom. The Morgan fingerprint density at radius 2 is 2.13 bits per heavy atom. The van der Waals surface area contributed by atoms with Crippen molar-refractivity contribution >= 4 is 33.3 Å². The number of esters is 1. The van der Waals surface area contributed by atoms with Gasteiger partial charge in [-0.15, -0.1) is 0 Å². The number of nitrogens with zero attached hydrogens (tertiary/aromatic N) is 1. The molecule has 9 heteroatoms. The van der Waals surface area contributed by atoms with Crippen LogP contribution in [0.5, 0.6) is 5.75 Å². The van der Waals surface area contributed by atoms with Crippen molar-refractivity contribution < 1.29 is 27.9 Å². The average molecular weight is 362 g/mol. The summed E-state index contributed by atoms with van der Waals surface area (Å²) < 4.78 is 27.7. The lowest BCUT2D eigenvalue weighted by molar-refractivity contribution is -0.134. The second-order valence-electron chi connectivity index (χ2n) is 5.30. The molecule has 0 saturated carbocycles. The predicted molar refractivity (Wildman–Crippen MR) is 83.2 cm³/mol. The first-order chi connectivity index (χ1) is 10.7. The van der Waals surface area contributed by atoms with Crippen LogP contribution in [0.2, 0.25) is 5.02 Å². The summed E-state index contributed by atoms with van der Waals surface area (Å²) in [4.78, 5) is 25.1. The Balaban J connectivity index is 1.93. The van der Waals surface area contributed by atoms with E-state index in [-0.39, 0.29) is 27.8 Å². The van der Waals surface area contributed by atoms with Crippen molar-refractivity contribution in [3.63, 3.8) is 0 Å². The highest BCUT2D eigenvalue weighted by Gasteiger charge is 2.33. The molecule has 1 aromatic carbocycles. The molecule has 0 unspecified atom stereocenters. The fourth-order valence-corrected chi connectivity index (χ4v) is 4.21. The number of benzene rings is 1. The van der Waals surface area contributed by atoms with E-state index in [9.17, 15) is 23.1 Å². The molecule has 1 saturated heterocycles. The molecule has 1 heterocycles. The summed E-state index contributed by atoms with van der Waals surface area (Å²) in [6.07, 6.45) is 0.369. The molecule has 23 heavy (non-hydrogen) atoms. The van der Waals surface area contributed by atoms with E-state index < -0.39 is 34.4 Å². The third kappa shape index (κ3) is 4.35. The van der Waals surface area contributed by atoms with Gasteiger partial charge in [0.15, 0.2) is 16.4 Å². The molecule has 0 bridgehead atoms. The molecule has 1 amide bonds. The minimum atomic E-state index is -3.11. The second-order valence-corrected chi connectivity index (χ2v) is 7.96. The number of halogens is 1. The van der Waals surface area contributed by atoms with E-state index in [0.29, 0.717) is 6.42 Å². The van der Waals surface area contributed by atoms with E-state index in [0.717, 1.165) is 0 Å². The molecule has 7 nitrogen and oxygen atoms in total. The molecule has 1 aliphatic rings. The van der Waals surface area contributed by atoms with Crippen molar-refractivity contribution in [3.8, 4) is 5.75 Å². The lowest BCUT2D eigenvalue weighted by Gasteiger charge is -2.23. The molecule has 0 aliphatic carbocycles. The van der Waals surface area contributed by atoms with Crippen molar-refractivity contribution in [1.82, 2.24) is 4.90 Å². The Bertz CT molecular complexity index is 733. The zero-order valence-electron chi connectivity index (χ0n) is 12.4. The maximum absolute atomic E-state index is 12.0. The van der Waals surface area contributed by atoms with Gasteiger partial charge in [-0.05, 0) is 24.6 Å². The first-order valence-corrected chi connectivity index (χ1v) is 9.01. The summed E-state index contributed by atoms with van der Waals surface area (Å²) in [6.45, 7) is -0.544. The Morgan fingerprint density at radius 1 is 1.43 bits per heavy atom. The molecule has 1 fully saturated rings. The normalized spacial score (nSPS) is 19.3. The summed E-state index contributed by atoms with van der Waals surface area (Å²) in [5.41, 5.74) is -0.142. The highest BCUT2D eigenvalue weighted by Crippen LogP contribution is 2.22. The van der Waals surface area contributed by atoms with Gasteiger partial charge in [-0.2, -0.15) is 0 Å². The molecule has 1 atom stereocenters. The van der Waals surface area contributed by atoms with Crippen molar-refractivity contribution in [2.24, 2.45) is 0 Å². The number of aromatic hydroxyl groups is 1. The Labute approximate surface area is 138 Å². The molecular weight excluding hydrogens is 346 g/mol. The maximum Gasteiger partial charge on any atom is 0.342 e. The number of hydrogen-bond acceptors (Lipinski definition) is 6. The van der Waals surface area contributed by atoms with Crippen LogP contribution in [0.25, 0.3) is 0 Å². The molecule has 0 spiro atoms. The van der Waals surface area contributed by atoms with E-state index in [1.54, 1.807) is 0 Å². The zero-order chi connectivity index (χ0) is 17.2. The van der Waals surface area contributed by atoms with Crippen molar-refractivity contribution in [2.45, 2.75) is 12.5 Å². The van der Waals surface area contributed by atoms with Crippen LogP contribution in [0.3, 0.4) is 0 Å². The fourth-order valence-electron chi connectivity index (χ4n) is 2.26. The largest absolute Gasteiger partial charge is 0.507 e. The first-order valence-electron chi connectivity index (χ1n) is 6.81. The van der Waals surface area contributed by atoms with Crippen LogP contribution in [0.15, 0.2) is 18.2 Å². The lowest BCUT2D eigenvalue weighted by Crippen LogP contribution is -2.40. The summed E-state index contributed by atoms with van der Waals surface area (Å²) in [5, 5.41) is 9.83. The van der Waals surface area contributed by atoms with Crippen LogP contribution in [0.1, 0.15) is 16.8 Å². The second kappa shape index (κ2) is 6.76. The third-order valence-electron chi connectivity index (χ3n) is 3.65. The van der Waals surface area contributed by atoms with E-state index in [2.05, 4.69) is 0 Å². The number of likely N-dealkylation sites (N-methyl/N-ethyl adjacent to an activating group) is 1. The standard InChI is InChI=1S/C14H16ClNO6S/c1-16(10-4-5-23(20,21)8-10)13(18)7-22-14(19)11-6-9(15)2-3-12(11)17/h2-3,6,10,17H,4-5,7-8H2,1H3/t10-/m1/s1. The average Bonchev–Trinajstić information content (AvgIpc) is 2.86. The van der Waals surface area contributed by atoms with Gasteiger partial charge in [0.1, 0.15) is 11.3 Å². The number of sulfone groups is 1. The highest BCUT2D eigenvalue weighted by molar-refractivity contribution is 7.91. The number of rotatable bonds is 4. The van der Waals surface area contributed by atoms with Crippen LogP contribution in [-0.4, -0.2) is 61.5 Å². The Hall–Kier alpha value is -1.80. The van der Waals surface area contributed by atoms with Gasteiger partial charge < -0.3 is 14.7 Å². The molecule has 1 aliphatic heterocycles. The minimum absolute atomic E-state index is 0.0471. The first kappa shape index (κ1) is 17.6. The van der Waals surface area contributed by atoms with Crippen LogP contribution in [0.4, 0.5) is 0 Å². The van der Waals surface area contributed by atoms with Gasteiger partial charge in [-0.3, -0.25) is 4.79 Å². The van der Waals surface area contributed by atoms with Crippen LogP contribution >= 0.6 is 11.6 Å². The number of hydrogen-bond donors (Lipinski definition) is 1. The van der Waals surface area contributed by atoms with E-state index in [4.69, 9.17) is 16.3 Å². The van der Waals surface area contributed by atoms with Gasteiger partial charge in [0, 0.05) is 18.1 Å². The minimum Gasteiger partial charge on any atom is -0.507 e. The lowest BCUT2D eigenvalue weighted by atomic mass is 10.2. The highest BCUT2D eigenvalue weighted by atomic mass is 35.5. The molecule has 2 rings (SSSR count). The van der Waals surface area contributed by atoms with Crippen molar-refractivity contribution in [3.05, 3.63) is 28.8 Å². The molecule has 1 aromatic rings. The third-order valence-corrected chi connectivity index (χ3v) is 5.64. The van der Waals surface area contributed by atoms with E-state index in [1.165, 1.54) is 30.1 Å².